The Hall–Kier alpha value is -1.88. The lowest BCUT2D eigenvalue weighted by molar-refractivity contribution is -0.142. The number of carboxylic acids is 1. The highest BCUT2D eigenvalue weighted by Gasteiger charge is 2.14. The molecule has 0 radical (unpaired) electrons. The van der Waals surface area contributed by atoms with Gasteiger partial charge in [0.1, 0.15) is 6.04 Å². The van der Waals surface area contributed by atoms with Gasteiger partial charge in [-0.3, -0.25) is 4.79 Å². The van der Waals surface area contributed by atoms with Crippen molar-refractivity contribution < 1.29 is 19.4 Å². The van der Waals surface area contributed by atoms with E-state index in [1.807, 2.05) is 0 Å². The monoisotopic (exact) mass is 224 g/mol. The molecule has 86 valence electrons. The van der Waals surface area contributed by atoms with Crippen molar-refractivity contribution >= 4 is 11.9 Å². The quantitative estimate of drug-likeness (QED) is 0.724. The lowest BCUT2D eigenvalue weighted by Gasteiger charge is -2.09. The summed E-state index contributed by atoms with van der Waals surface area (Å²) in [7, 11) is 1.26. The zero-order valence-corrected chi connectivity index (χ0v) is 8.80. The Morgan fingerprint density at radius 1 is 1.62 bits per heavy atom. The summed E-state index contributed by atoms with van der Waals surface area (Å²) in [5, 5.41) is 3.85. The molecule has 1 rings (SSSR count). The first-order valence-electron chi connectivity index (χ1n) is 5.09. The summed E-state index contributed by atoms with van der Waals surface area (Å²) in [6, 6.07) is 5.63. The van der Waals surface area contributed by atoms with Gasteiger partial charge in [0, 0.05) is 0 Å². The largest absolute Gasteiger partial charge is 0.478 e. The highest BCUT2D eigenvalue weighted by molar-refractivity contribution is 5.87. The van der Waals surface area contributed by atoms with Gasteiger partial charge in [-0.2, -0.15) is 0 Å². The average molecular weight is 224 g/mol. The number of rotatable bonds is 4. The van der Waals surface area contributed by atoms with Crippen LogP contribution in [-0.2, 0) is 16.0 Å². The summed E-state index contributed by atoms with van der Waals surface area (Å²) in [6.45, 7) is 0. The summed E-state index contributed by atoms with van der Waals surface area (Å²) in [5.74, 6) is -1.27. The first-order valence-corrected chi connectivity index (χ1v) is 4.68. The van der Waals surface area contributed by atoms with Gasteiger partial charge in [-0.1, -0.05) is 12.1 Å². The fourth-order valence-corrected chi connectivity index (χ4v) is 1.31. The maximum Gasteiger partial charge on any atom is 0.335 e. The number of carbonyl (C=O) groups is 2. The molecule has 0 spiro atoms. The van der Waals surface area contributed by atoms with Gasteiger partial charge in [0.25, 0.3) is 1.43 Å². The van der Waals surface area contributed by atoms with Crippen LogP contribution in [-0.4, -0.2) is 30.2 Å². The van der Waals surface area contributed by atoms with Gasteiger partial charge >= 0.3 is 11.9 Å². The molecular formula is C11H13NO4. The third-order valence-corrected chi connectivity index (χ3v) is 2.12. The summed E-state index contributed by atoms with van der Waals surface area (Å²) in [4.78, 5) is 22.2. The number of ether oxygens (including phenoxy) is 1. The van der Waals surface area contributed by atoms with E-state index < -0.39 is 18.0 Å². The predicted octanol–water partition coefficient (Wildman–Crippen LogP) is 0.428. The number of nitrogens with two attached hydrogens (primary N) is 1. The van der Waals surface area contributed by atoms with Gasteiger partial charge in [-0.05, 0) is 24.1 Å². The Morgan fingerprint density at radius 2 is 2.38 bits per heavy atom. The Labute approximate surface area is 94.3 Å². The second-order valence-corrected chi connectivity index (χ2v) is 3.32. The van der Waals surface area contributed by atoms with E-state index in [-0.39, 0.29) is 12.0 Å². The highest BCUT2D eigenvalue weighted by Crippen LogP contribution is 2.07. The summed E-state index contributed by atoms with van der Waals surface area (Å²) >= 11 is 0. The molecule has 0 fully saturated rings. The average Bonchev–Trinajstić information content (AvgIpc) is 2.37. The summed E-state index contributed by atoms with van der Waals surface area (Å²) in [5.41, 5.74) is 6.54. The van der Waals surface area contributed by atoms with Crippen molar-refractivity contribution in [3.63, 3.8) is 0 Å². The smallest absolute Gasteiger partial charge is 0.335 e. The molecule has 5 nitrogen and oxygen atoms in total. The van der Waals surface area contributed by atoms with Crippen molar-refractivity contribution in [3.8, 4) is 0 Å². The minimum atomic E-state index is -0.776. The Morgan fingerprint density at radius 3 is 3.00 bits per heavy atom. The van der Waals surface area contributed by atoms with E-state index in [2.05, 4.69) is 9.85 Å². The molecular weight excluding hydrogens is 210 g/mol. The molecule has 0 bridgehead atoms. The van der Waals surface area contributed by atoms with E-state index >= 15 is 0 Å². The number of methoxy groups -OCH3 is 1. The molecule has 1 aromatic rings. The topological polar surface area (TPSA) is 89.6 Å². The van der Waals surface area contributed by atoms with Crippen LogP contribution in [0.25, 0.3) is 1.43 Å². The molecule has 0 aliphatic rings. The third-order valence-electron chi connectivity index (χ3n) is 2.12. The fourth-order valence-electron chi connectivity index (χ4n) is 1.31. The molecule has 0 heterocycles. The zero-order chi connectivity index (χ0) is 12.8. The first-order chi connectivity index (χ1) is 8.08. The SMILES string of the molecule is [2H]OC(=O)c1cccc(C[C@H](N)C(=O)OC)c1. The van der Waals surface area contributed by atoms with Gasteiger partial charge in [-0.25, -0.2) is 4.79 Å². The van der Waals surface area contributed by atoms with Crippen LogP contribution in [0, 0.1) is 0 Å². The van der Waals surface area contributed by atoms with Gasteiger partial charge < -0.3 is 15.6 Å². The van der Waals surface area contributed by atoms with Crippen LogP contribution in [0.15, 0.2) is 24.3 Å². The number of hydrogen-bond acceptors (Lipinski definition) is 5. The second-order valence-electron chi connectivity index (χ2n) is 3.32. The lowest BCUT2D eigenvalue weighted by Crippen LogP contribution is -2.33. The van der Waals surface area contributed by atoms with Gasteiger partial charge in [0.15, 0.2) is 0 Å². The van der Waals surface area contributed by atoms with Crippen molar-refractivity contribution in [2.45, 2.75) is 12.5 Å². The minimum absolute atomic E-state index is 0.245. The van der Waals surface area contributed by atoms with Crippen LogP contribution in [0.5, 0.6) is 0 Å². The number of carboxylic acid groups (broad SMARTS) is 1. The molecule has 1 aromatic carbocycles. The van der Waals surface area contributed by atoms with Crippen LogP contribution >= 0.6 is 0 Å². The molecule has 0 unspecified atom stereocenters. The van der Waals surface area contributed by atoms with Crippen molar-refractivity contribution in [1.82, 2.24) is 0 Å². The van der Waals surface area contributed by atoms with Gasteiger partial charge in [0.2, 0.25) is 0 Å². The van der Waals surface area contributed by atoms with Gasteiger partial charge in [-0.15, -0.1) is 0 Å². The molecule has 0 aliphatic heterocycles. The predicted molar refractivity (Wildman–Crippen MR) is 57.1 cm³/mol. The van der Waals surface area contributed by atoms with Crippen molar-refractivity contribution in [1.29, 1.82) is 1.43 Å². The molecule has 0 saturated heterocycles. The zero-order valence-electron chi connectivity index (χ0n) is 9.80. The van der Waals surface area contributed by atoms with E-state index in [0.717, 1.165) is 0 Å². The molecule has 1 atom stereocenters. The molecule has 16 heavy (non-hydrogen) atoms. The van der Waals surface area contributed by atoms with Crippen LogP contribution < -0.4 is 5.73 Å². The van der Waals surface area contributed by atoms with E-state index in [9.17, 15) is 9.59 Å². The maximum absolute atomic E-state index is 11.1. The molecule has 5 heteroatoms. The normalized spacial score (nSPS) is 12.5. The summed E-state index contributed by atoms with van der Waals surface area (Å²) < 4.78 is 11.0. The van der Waals surface area contributed by atoms with E-state index in [4.69, 9.17) is 7.16 Å². The maximum atomic E-state index is 11.1. The summed E-state index contributed by atoms with van der Waals surface area (Å²) in [6.07, 6.45) is 0.256. The minimum Gasteiger partial charge on any atom is -0.478 e. The number of benzene rings is 1. The number of carbonyl (C=O) groups excluding carboxylic acids is 1. The molecule has 0 saturated carbocycles. The van der Waals surface area contributed by atoms with E-state index in [0.29, 0.717) is 5.56 Å². The number of hydrogen-bond donors (Lipinski definition) is 2. The van der Waals surface area contributed by atoms with Crippen LogP contribution in [0.1, 0.15) is 15.9 Å². The Bertz CT molecular complexity index is 422. The first kappa shape index (κ1) is 10.6. The lowest BCUT2D eigenvalue weighted by atomic mass is 10.0. The number of aromatic carboxylic acids is 1. The second kappa shape index (κ2) is 5.27. The van der Waals surface area contributed by atoms with Gasteiger partial charge in [0.05, 0.1) is 12.7 Å². The number of esters is 1. The highest BCUT2D eigenvalue weighted by atomic mass is 16.5. The Balaban J connectivity index is 2.79. The molecule has 0 amide bonds. The van der Waals surface area contributed by atoms with Crippen molar-refractivity contribution in [2.24, 2.45) is 5.73 Å². The van der Waals surface area contributed by atoms with Crippen molar-refractivity contribution in [3.05, 3.63) is 35.4 Å². The van der Waals surface area contributed by atoms with E-state index in [1.165, 1.54) is 19.2 Å². The van der Waals surface area contributed by atoms with Crippen LogP contribution in [0.4, 0.5) is 0 Å². The molecule has 0 aromatic heterocycles. The van der Waals surface area contributed by atoms with Crippen LogP contribution in [0.2, 0.25) is 0 Å². The van der Waals surface area contributed by atoms with E-state index in [1.54, 1.807) is 12.1 Å². The molecule has 3 N–H and O–H groups in total. The Kier molecular flexibility index (Phi) is 3.50. The van der Waals surface area contributed by atoms with Crippen LogP contribution in [0.3, 0.4) is 0 Å². The van der Waals surface area contributed by atoms with Crippen molar-refractivity contribution in [2.75, 3.05) is 7.11 Å². The standard InChI is InChI=1S/C11H13NO4/c1-16-11(15)9(12)6-7-3-2-4-8(5-7)10(13)14/h2-5,9H,6,12H2,1H3,(H,13,14)/t9-/m0/s1/i/hD. The molecule has 0 aliphatic carbocycles. The third kappa shape index (κ3) is 3.06. The fraction of sp³-hybridized carbons (Fsp3) is 0.273.